The summed E-state index contributed by atoms with van der Waals surface area (Å²) in [6, 6.07) is 9.95. The lowest BCUT2D eigenvalue weighted by atomic mass is 10.1. The minimum Gasteiger partial charge on any atom is -0.494 e. The summed E-state index contributed by atoms with van der Waals surface area (Å²) in [6.45, 7) is 1.80. The van der Waals surface area contributed by atoms with Gasteiger partial charge in [0.15, 0.2) is 11.8 Å². The largest absolute Gasteiger partial charge is 0.494 e. The zero-order valence-corrected chi connectivity index (χ0v) is 16.5. The van der Waals surface area contributed by atoms with Gasteiger partial charge in [-0.2, -0.15) is 0 Å². The fourth-order valence-corrected chi connectivity index (χ4v) is 4.43. The third kappa shape index (κ3) is 2.98. The molecule has 154 valence electrons. The van der Waals surface area contributed by atoms with Crippen LogP contribution in [0.1, 0.15) is 28.9 Å². The minimum absolute atomic E-state index is 0.0703. The van der Waals surface area contributed by atoms with E-state index in [1.165, 1.54) is 16.7 Å². The molecule has 6 nitrogen and oxygen atoms in total. The highest BCUT2D eigenvalue weighted by molar-refractivity contribution is 5.64. The van der Waals surface area contributed by atoms with E-state index in [1.807, 2.05) is 30.4 Å². The van der Waals surface area contributed by atoms with Gasteiger partial charge in [0.25, 0.3) is 0 Å². The SMILES string of the molecule is Cn1c(O)c2c(c1O)C1COCCN1C2/C=C/c1ccc(-c2cccc(F)c2)cn1. The van der Waals surface area contributed by atoms with E-state index in [9.17, 15) is 14.6 Å². The van der Waals surface area contributed by atoms with Crippen molar-refractivity contribution in [3.05, 3.63) is 71.3 Å². The van der Waals surface area contributed by atoms with Gasteiger partial charge in [-0.1, -0.05) is 24.3 Å². The van der Waals surface area contributed by atoms with Crippen LogP contribution in [0, 0.1) is 5.82 Å². The summed E-state index contributed by atoms with van der Waals surface area (Å²) in [5, 5.41) is 21.1. The molecule has 2 aliphatic rings. The van der Waals surface area contributed by atoms with Crippen LogP contribution in [0.5, 0.6) is 11.8 Å². The zero-order chi connectivity index (χ0) is 20.8. The normalized spacial score (nSPS) is 21.1. The highest BCUT2D eigenvalue weighted by atomic mass is 19.1. The third-order valence-electron chi connectivity index (χ3n) is 5.96. The molecular formula is C23H22FN3O3. The molecule has 0 radical (unpaired) electrons. The molecule has 2 unspecified atom stereocenters. The van der Waals surface area contributed by atoms with Gasteiger partial charge in [0.2, 0.25) is 0 Å². The zero-order valence-electron chi connectivity index (χ0n) is 16.5. The van der Waals surface area contributed by atoms with E-state index in [-0.39, 0.29) is 29.7 Å². The molecule has 0 saturated carbocycles. The molecular weight excluding hydrogens is 385 g/mol. The van der Waals surface area contributed by atoms with Crippen LogP contribution in [-0.2, 0) is 11.8 Å². The second kappa shape index (κ2) is 7.27. The van der Waals surface area contributed by atoms with Crippen molar-refractivity contribution < 1.29 is 19.3 Å². The van der Waals surface area contributed by atoms with Crippen molar-refractivity contribution in [1.82, 2.24) is 14.5 Å². The van der Waals surface area contributed by atoms with Crippen LogP contribution in [0.4, 0.5) is 4.39 Å². The maximum atomic E-state index is 13.5. The van der Waals surface area contributed by atoms with Gasteiger partial charge in [0.05, 0.1) is 31.0 Å². The number of nitrogens with zero attached hydrogens (tertiary/aromatic N) is 3. The van der Waals surface area contributed by atoms with Crippen LogP contribution in [0.25, 0.3) is 17.2 Å². The van der Waals surface area contributed by atoms with Gasteiger partial charge in [-0.05, 0) is 29.8 Å². The topological polar surface area (TPSA) is 70.8 Å². The average molecular weight is 407 g/mol. The fourth-order valence-electron chi connectivity index (χ4n) is 4.43. The Morgan fingerprint density at radius 3 is 2.73 bits per heavy atom. The van der Waals surface area contributed by atoms with Gasteiger partial charge in [-0.3, -0.25) is 14.5 Å². The van der Waals surface area contributed by atoms with E-state index in [2.05, 4.69) is 9.88 Å². The molecule has 0 spiro atoms. The number of hydrogen-bond acceptors (Lipinski definition) is 5. The van der Waals surface area contributed by atoms with Crippen molar-refractivity contribution >= 4 is 6.08 Å². The molecule has 5 rings (SSSR count). The first-order valence-corrected chi connectivity index (χ1v) is 9.88. The molecule has 2 atom stereocenters. The molecule has 2 N–H and O–H groups in total. The summed E-state index contributed by atoms with van der Waals surface area (Å²) in [7, 11) is 1.64. The summed E-state index contributed by atoms with van der Waals surface area (Å²) < 4.78 is 20.5. The van der Waals surface area contributed by atoms with Gasteiger partial charge in [0, 0.05) is 36.5 Å². The Kier molecular flexibility index (Phi) is 4.56. The van der Waals surface area contributed by atoms with Crippen LogP contribution in [0.3, 0.4) is 0 Å². The van der Waals surface area contributed by atoms with Gasteiger partial charge < -0.3 is 14.9 Å². The van der Waals surface area contributed by atoms with Gasteiger partial charge in [-0.25, -0.2) is 4.39 Å². The number of rotatable bonds is 3. The maximum absolute atomic E-state index is 13.5. The molecule has 0 aliphatic carbocycles. The van der Waals surface area contributed by atoms with Gasteiger partial charge in [-0.15, -0.1) is 0 Å². The number of halogens is 1. The number of aromatic hydroxyl groups is 2. The average Bonchev–Trinajstić information content (AvgIpc) is 3.21. The maximum Gasteiger partial charge on any atom is 0.199 e. The van der Waals surface area contributed by atoms with Crippen LogP contribution in [0.2, 0.25) is 0 Å². The Bertz CT molecular complexity index is 1120. The molecule has 0 bridgehead atoms. The van der Waals surface area contributed by atoms with E-state index in [4.69, 9.17) is 4.74 Å². The second-order valence-electron chi connectivity index (χ2n) is 7.65. The summed E-state index contributed by atoms with van der Waals surface area (Å²) in [5.74, 6) is -0.128. The Morgan fingerprint density at radius 1 is 1.13 bits per heavy atom. The highest BCUT2D eigenvalue weighted by Gasteiger charge is 2.45. The van der Waals surface area contributed by atoms with Crippen LogP contribution in [-0.4, -0.2) is 44.4 Å². The molecule has 1 saturated heterocycles. The van der Waals surface area contributed by atoms with E-state index in [0.717, 1.165) is 27.9 Å². The second-order valence-corrected chi connectivity index (χ2v) is 7.65. The summed E-state index contributed by atoms with van der Waals surface area (Å²) in [4.78, 5) is 6.71. The Morgan fingerprint density at radius 2 is 1.97 bits per heavy atom. The van der Waals surface area contributed by atoms with E-state index in [1.54, 1.807) is 19.3 Å². The van der Waals surface area contributed by atoms with E-state index < -0.39 is 0 Å². The first kappa shape index (κ1) is 18.8. The smallest absolute Gasteiger partial charge is 0.199 e. The lowest BCUT2D eigenvalue weighted by molar-refractivity contribution is -0.0112. The number of pyridine rings is 1. The molecule has 4 heterocycles. The molecule has 2 aliphatic heterocycles. The number of ether oxygens (including phenoxy) is 1. The summed E-state index contributed by atoms with van der Waals surface area (Å²) >= 11 is 0. The van der Waals surface area contributed by atoms with Crippen molar-refractivity contribution in [3.63, 3.8) is 0 Å². The number of aromatic nitrogens is 2. The van der Waals surface area contributed by atoms with Gasteiger partial charge in [0.1, 0.15) is 5.82 Å². The highest BCUT2D eigenvalue weighted by Crippen LogP contribution is 2.52. The Labute approximate surface area is 173 Å². The van der Waals surface area contributed by atoms with Crippen molar-refractivity contribution in [2.75, 3.05) is 19.8 Å². The van der Waals surface area contributed by atoms with Gasteiger partial charge >= 0.3 is 0 Å². The first-order chi connectivity index (χ1) is 14.5. The predicted molar refractivity (Wildman–Crippen MR) is 110 cm³/mol. The van der Waals surface area contributed by atoms with E-state index >= 15 is 0 Å². The Hall–Kier alpha value is -3.16. The van der Waals surface area contributed by atoms with Crippen molar-refractivity contribution in [1.29, 1.82) is 0 Å². The molecule has 0 amide bonds. The first-order valence-electron chi connectivity index (χ1n) is 9.88. The van der Waals surface area contributed by atoms with E-state index in [0.29, 0.717) is 19.8 Å². The molecule has 30 heavy (non-hydrogen) atoms. The lowest BCUT2D eigenvalue weighted by Crippen LogP contribution is -2.36. The summed E-state index contributed by atoms with van der Waals surface area (Å²) in [6.07, 6.45) is 5.62. The molecule has 3 aromatic rings. The van der Waals surface area contributed by atoms with Crippen LogP contribution >= 0.6 is 0 Å². The molecule has 1 fully saturated rings. The minimum atomic E-state index is -0.278. The monoisotopic (exact) mass is 407 g/mol. The van der Waals surface area contributed by atoms with Crippen molar-refractivity contribution in [3.8, 4) is 22.9 Å². The Balaban J connectivity index is 1.44. The van der Waals surface area contributed by atoms with Crippen molar-refractivity contribution in [2.24, 2.45) is 7.05 Å². The fraction of sp³-hybridized carbons (Fsp3) is 0.261. The third-order valence-corrected chi connectivity index (χ3v) is 5.96. The number of hydrogen-bond donors (Lipinski definition) is 2. The standard InChI is InChI=1S/C23H22FN3O3/c1-26-22(28)20-18(27-9-10-30-13-19(27)21(20)23(26)29)8-7-17-6-5-15(12-25-17)14-3-2-4-16(24)11-14/h2-8,11-12,18-19,28-29H,9-10,13H2,1H3/b8-7+. The molecule has 2 aromatic heterocycles. The van der Waals surface area contributed by atoms with Crippen LogP contribution < -0.4 is 0 Å². The lowest BCUT2D eigenvalue weighted by Gasteiger charge is -2.33. The molecule has 1 aromatic carbocycles. The van der Waals surface area contributed by atoms with Crippen molar-refractivity contribution in [2.45, 2.75) is 12.1 Å². The number of benzene rings is 1. The molecule has 7 heteroatoms. The van der Waals surface area contributed by atoms with Crippen LogP contribution in [0.15, 0.2) is 48.7 Å². The number of fused-ring (bicyclic) bond motifs is 3. The quantitative estimate of drug-likeness (QED) is 0.692. The predicted octanol–water partition coefficient (Wildman–Crippen LogP) is 3.78. The number of morpholine rings is 1. The summed E-state index contributed by atoms with van der Waals surface area (Å²) in [5.41, 5.74) is 3.83.